The largest absolute Gasteiger partial charge is 0.384 e. The van der Waals surface area contributed by atoms with E-state index in [2.05, 4.69) is 5.32 Å². The number of amides is 1. The van der Waals surface area contributed by atoms with Gasteiger partial charge < -0.3 is 10.4 Å². The lowest BCUT2D eigenvalue weighted by atomic mass is 9.95. The number of rotatable bonds is 2. The number of fused-ring (bicyclic) bond motifs is 1. The molecule has 0 aliphatic carbocycles. The highest BCUT2D eigenvalue weighted by molar-refractivity contribution is 5.93. The van der Waals surface area contributed by atoms with E-state index in [0.29, 0.717) is 24.0 Å². The maximum absolute atomic E-state index is 13.3. The van der Waals surface area contributed by atoms with Crippen molar-refractivity contribution in [1.29, 1.82) is 0 Å². The monoisotopic (exact) mass is 285 g/mol. The number of hydrogen-bond donors (Lipinski definition) is 2. The van der Waals surface area contributed by atoms with Gasteiger partial charge in [-0.1, -0.05) is 24.3 Å². The average Bonchev–Trinajstić information content (AvgIpc) is 2.49. The van der Waals surface area contributed by atoms with Crippen LogP contribution in [0.3, 0.4) is 0 Å². The van der Waals surface area contributed by atoms with Gasteiger partial charge >= 0.3 is 0 Å². The van der Waals surface area contributed by atoms with Crippen LogP contribution in [0.15, 0.2) is 36.4 Å². The van der Waals surface area contributed by atoms with Crippen LogP contribution >= 0.6 is 0 Å². The SMILES string of the molecule is Cc1cc(C(O)c2ccc3c(c2)CCC(=O)N3)ccc1F. The van der Waals surface area contributed by atoms with Crippen LogP contribution in [0, 0.1) is 12.7 Å². The van der Waals surface area contributed by atoms with E-state index in [1.54, 1.807) is 31.2 Å². The van der Waals surface area contributed by atoms with Gasteiger partial charge in [-0.3, -0.25) is 4.79 Å². The Hall–Kier alpha value is -2.20. The summed E-state index contributed by atoms with van der Waals surface area (Å²) in [6.07, 6.45) is 0.332. The highest BCUT2D eigenvalue weighted by Crippen LogP contribution is 2.29. The Kier molecular flexibility index (Phi) is 3.47. The number of halogens is 1. The Morgan fingerprint density at radius 3 is 2.62 bits per heavy atom. The van der Waals surface area contributed by atoms with Gasteiger partial charge in [-0.25, -0.2) is 4.39 Å². The second-order valence-electron chi connectivity index (χ2n) is 5.38. The van der Waals surface area contributed by atoms with Crippen LogP contribution in [0.4, 0.5) is 10.1 Å². The first-order valence-corrected chi connectivity index (χ1v) is 6.91. The summed E-state index contributed by atoms with van der Waals surface area (Å²) >= 11 is 0. The lowest BCUT2D eigenvalue weighted by Gasteiger charge is -2.19. The third-order valence-electron chi connectivity index (χ3n) is 3.84. The van der Waals surface area contributed by atoms with Gasteiger partial charge in [-0.15, -0.1) is 0 Å². The summed E-state index contributed by atoms with van der Waals surface area (Å²) in [6.45, 7) is 1.67. The van der Waals surface area contributed by atoms with E-state index in [1.807, 2.05) is 6.07 Å². The van der Waals surface area contributed by atoms with Gasteiger partial charge in [-0.05, 0) is 47.7 Å². The maximum atomic E-state index is 13.3. The molecule has 108 valence electrons. The standard InChI is InChI=1S/C17H16FNO2/c1-10-8-12(2-5-14(10)18)17(21)13-3-6-15-11(9-13)4-7-16(20)19-15/h2-3,5-6,8-9,17,21H,4,7H2,1H3,(H,19,20). The van der Waals surface area contributed by atoms with E-state index in [0.717, 1.165) is 16.8 Å². The number of aliphatic hydroxyl groups excluding tert-OH is 1. The van der Waals surface area contributed by atoms with E-state index in [1.165, 1.54) is 6.07 Å². The molecule has 4 heteroatoms. The van der Waals surface area contributed by atoms with Crippen LogP contribution in [0.2, 0.25) is 0 Å². The molecule has 2 aromatic rings. The predicted molar refractivity (Wildman–Crippen MR) is 78.6 cm³/mol. The molecule has 1 unspecified atom stereocenters. The molecule has 0 bridgehead atoms. The van der Waals surface area contributed by atoms with E-state index in [9.17, 15) is 14.3 Å². The number of aryl methyl sites for hydroxylation is 2. The molecule has 21 heavy (non-hydrogen) atoms. The van der Waals surface area contributed by atoms with Crippen molar-refractivity contribution in [3.8, 4) is 0 Å². The van der Waals surface area contributed by atoms with E-state index in [4.69, 9.17) is 0 Å². The molecule has 2 aromatic carbocycles. The van der Waals surface area contributed by atoms with Crippen LogP contribution in [0.5, 0.6) is 0 Å². The van der Waals surface area contributed by atoms with Gasteiger partial charge in [0, 0.05) is 12.1 Å². The molecule has 0 spiro atoms. The quantitative estimate of drug-likeness (QED) is 0.890. The molecule has 1 aliphatic heterocycles. The van der Waals surface area contributed by atoms with E-state index < -0.39 is 6.10 Å². The molecule has 1 heterocycles. The smallest absolute Gasteiger partial charge is 0.224 e. The van der Waals surface area contributed by atoms with Gasteiger partial charge in [0.15, 0.2) is 0 Å². The normalized spacial score (nSPS) is 15.3. The average molecular weight is 285 g/mol. The topological polar surface area (TPSA) is 49.3 Å². The molecule has 3 rings (SSSR count). The van der Waals surface area contributed by atoms with Crippen molar-refractivity contribution in [2.24, 2.45) is 0 Å². The number of aliphatic hydroxyl groups is 1. The maximum Gasteiger partial charge on any atom is 0.224 e. The molecule has 0 saturated heterocycles. The summed E-state index contributed by atoms with van der Waals surface area (Å²) in [4.78, 5) is 11.3. The fourth-order valence-corrected chi connectivity index (χ4v) is 2.60. The van der Waals surface area contributed by atoms with Gasteiger partial charge in [0.2, 0.25) is 5.91 Å². The molecule has 0 radical (unpaired) electrons. The Balaban J connectivity index is 1.93. The fraction of sp³-hybridized carbons (Fsp3) is 0.235. The summed E-state index contributed by atoms with van der Waals surface area (Å²) in [7, 11) is 0. The van der Waals surface area contributed by atoms with Crippen LogP contribution < -0.4 is 5.32 Å². The van der Waals surface area contributed by atoms with Crippen LogP contribution in [-0.4, -0.2) is 11.0 Å². The second-order valence-corrected chi connectivity index (χ2v) is 5.38. The van der Waals surface area contributed by atoms with Gasteiger partial charge in [0.1, 0.15) is 11.9 Å². The number of benzene rings is 2. The Morgan fingerprint density at radius 1 is 1.14 bits per heavy atom. The van der Waals surface area contributed by atoms with Crippen molar-refractivity contribution < 1.29 is 14.3 Å². The second kappa shape index (κ2) is 5.30. The lowest BCUT2D eigenvalue weighted by molar-refractivity contribution is -0.116. The number of carbonyl (C=O) groups excluding carboxylic acids is 1. The van der Waals surface area contributed by atoms with Crippen molar-refractivity contribution in [1.82, 2.24) is 0 Å². The number of carbonyl (C=O) groups is 1. The molecule has 1 amide bonds. The van der Waals surface area contributed by atoms with Gasteiger partial charge in [0.05, 0.1) is 0 Å². The van der Waals surface area contributed by atoms with Crippen molar-refractivity contribution in [2.45, 2.75) is 25.9 Å². The zero-order valence-electron chi connectivity index (χ0n) is 11.7. The van der Waals surface area contributed by atoms with Gasteiger partial charge in [0.25, 0.3) is 0 Å². The third-order valence-corrected chi connectivity index (χ3v) is 3.84. The van der Waals surface area contributed by atoms with Crippen LogP contribution in [0.25, 0.3) is 0 Å². The van der Waals surface area contributed by atoms with E-state index >= 15 is 0 Å². The highest BCUT2D eigenvalue weighted by atomic mass is 19.1. The molecular weight excluding hydrogens is 269 g/mol. The summed E-state index contributed by atoms with van der Waals surface area (Å²) < 4.78 is 13.3. The third kappa shape index (κ3) is 2.67. The first kappa shape index (κ1) is 13.8. The van der Waals surface area contributed by atoms with Crippen molar-refractivity contribution in [3.63, 3.8) is 0 Å². The Labute approximate surface area is 122 Å². The highest BCUT2D eigenvalue weighted by Gasteiger charge is 2.18. The minimum absolute atomic E-state index is 0.0185. The van der Waals surface area contributed by atoms with Crippen LogP contribution in [-0.2, 0) is 11.2 Å². The van der Waals surface area contributed by atoms with Crippen molar-refractivity contribution >= 4 is 11.6 Å². The molecule has 0 saturated carbocycles. The summed E-state index contributed by atoms with van der Waals surface area (Å²) in [5, 5.41) is 13.3. The summed E-state index contributed by atoms with van der Waals surface area (Å²) in [5.41, 5.74) is 3.74. The van der Waals surface area contributed by atoms with E-state index in [-0.39, 0.29) is 11.7 Å². The minimum atomic E-state index is -0.799. The summed E-state index contributed by atoms with van der Waals surface area (Å²) in [5.74, 6) is -0.260. The number of hydrogen-bond acceptors (Lipinski definition) is 2. The first-order chi connectivity index (χ1) is 10.0. The summed E-state index contributed by atoms with van der Waals surface area (Å²) in [6, 6.07) is 10.1. The molecule has 2 N–H and O–H groups in total. The molecule has 3 nitrogen and oxygen atoms in total. The molecule has 0 aromatic heterocycles. The lowest BCUT2D eigenvalue weighted by Crippen LogP contribution is -2.19. The fourth-order valence-electron chi connectivity index (χ4n) is 2.60. The molecule has 1 atom stereocenters. The number of nitrogens with one attached hydrogen (secondary N) is 1. The Morgan fingerprint density at radius 2 is 1.86 bits per heavy atom. The minimum Gasteiger partial charge on any atom is -0.384 e. The molecular formula is C17H16FNO2. The van der Waals surface area contributed by atoms with Crippen molar-refractivity contribution in [2.75, 3.05) is 5.32 Å². The zero-order chi connectivity index (χ0) is 15.0. The number of anilines is 1. The Bertz CT molecular complexity index is 712. The predicted octanol–water partition coefficient (Wildman–Crippen LogP) is 3.10. The molecule has 1 aliphatic rings. The first-order valence-electron chi connectivity index (χ1n) is 6.91. The van der Waals surface area contributed by atoms with Gasteiger partial charge in [-0.2, -0.15) is 0 Å². The van der Waals surface area contributed by atoms with Crippen molar-refractivity contribution in [3.05, 3.63) is 64.5 Å². The van der Waals surface area contributed by atoms with Crippen LogP contribution in [0.1, 0.15) is 34.8 Å². The molecule has 0 fully saturated rings. The zero-order valence-corrected chi connectivity index (χ0v) is 11.7.